The number of rotatable bonds is 1. The van der Waals surface area contributed by atoms with Gasteiger partial charge in [-0.05, 0) is 0 Å². The fraction of sp³-hybridized carbons (Fsp3) is 0. The molecule has 0 aromatic carbocycles. The summed E-state index contributed by atoms with van der Waals surface area (Å²) in [6.45, 7) is 0. The zero-order valence-corrected chi connectivity index (χ0v) is 5.33. The molecule has 0 atom stereocenters. The average molecular weight is 152 g/mol. The standard InChI is InChI=1S/C5H4N4O2/c6-1-2-3(4(10)11)9-5(7)8-2/h(H,10,11)(H3,7,8,9). The third-order valence-electron chi connectivity index (χ3n) is 1.04. The van der Waals surface area contributed by atoms with Crippen molar-refractivity contribution >= 4 is 11.9 Å². The van der Waals surface area contributed by atoms with Crippen LogP contribution in [0.15, 0.2) is 0 Å². The number of aromatic nitrogens is 2. The molecular weight excluding hydrogens is 148 g/mol. The van der Waals surface area contributed by atoms with Crippen molar-refractivity contribution in [2.75, 3.05) is 5.73 Å². The first-order valence-corrected chi connectivity index (χ1v) is 2.64. The lowest BCUT2D eigenvalue weighted by Gasteiger charge is -1.83. The number of hydrogen-bond donors (Lipinski definition) is 3. The summed E-state index contributed by atoms with van der Waals surface area (Å²) in [6, 6.07) is 1.59. The molecule has 0 aliphatic carbocycles. The van der Waals surface area contributed by atoms with Crippen LogP contribution in [0.1, 0.15) is 16.2 Å². The largest absolute Gasteiger partial charge is 0.476 e. The van der Waals surface area contributed by atoms with Crippen molar-refractivity contribution in [3.05, 3.63) is 11.4 Å². The first-order chi connectivity index (χ1) is 5.15. The fourth-order valence-electron chi connectivity index (χ4n) is 0.627. The van der Waals surface area contributed by atoms with Gasteiger partial charge in [-0.25, -0.2) is 9.78 Å². The third-order valence-corrected chi connectivity index (χ3v) is 1.04. The predicted octanol–water partition coefficient (Wildman–Crippen LogP) is -0.438. The monoisotopic (exact) mass is 152 g/mol. The Kier molecular flexibility index (Phi) is 1.48. The van der Waals surface area contributed by atoms with Crippen LogP contribution < -0.4 is 5.73 Å². The van der Waals surface area contributed by atoms with Gasteiger partial charge in [0, 0.05) is 0 Å². The highest BCUT2D eigenvalue weighted by atomic mass is 16.4. The van der Waals surface area contributed by atoms with Crippen LogP contribution in [0.4, 0.5) is 5.95 Å². The predicted molar refractivity (Wildman–Crippen MR) is 34.7 cm³/mol. The molecule has 0 radical (unpaired) electrons. The topological polar surface area (TPSA) is 116 Å². The zero-order chi connectivity index (χ0) is 8.43. The summed E-state index contributed by atoms with van der Waals surface area (Å²) in [5.41, 5.74) is 4.64. The highest BCUT2D eigenvalue weighted by molar-refractivity contribution is 5.88. The van der Waals surface area contributed by atoms with Crippen molar-refractivity contribution < 1.29 is 9.90 Å². The number of anilines is 1. The van der Waals surface area contributed by atoms with E-state index in [9.17, 15) is 4.79 Å². The maximum atomic E-state index is 10.3. The molecule has 6 heteroatoms. The average Bonchev–Trinajstić information content (AvgIpc) is 2.30. The minimum absolute atomic E-state index is 0.0704. The summed E-state index contributed by atoms with van der Waals surface area (Å²) in [5.74, 6) is -1.32. The van der Waals surface area contributed by atoms with Gasteiger partial charge in [0.15, 0.2) is 17.3 Å². The Morgan fingerprint density at radius 2 is 2.45 bits per heavy atom. The Morgan fingerprint density at radius 1 is 1.82 bits per heavy atom. The van der Waals surface area contributed by atoms with Crippen LogP contribution in [0, 0.1) is 11.3 Å². The van der Waals surface area contributed by atoms with Gasteiger partial charge in [-0.3, -0.25) is 0 Å². The molecule has 11 heavy (non-hydrogen) atoms. The van der Waals surface area contributed by atoms with E-state index >= 15 is 0 Å². The molecule has 6 nitrogen and oxygen atoms in total. The number of carboxylic acid groups (broad SMARTS) is 1. The van der Waals surface area contributed by atoms with Crippen molar-refractivity contribution in [3.8, 4) is 6.07 Å². The quantitative estimate of drug-likeness (QED) is 0.504. The van der Waals surface area contributed by atoms with Gasteiger partial charge in [-0.2, -0.15) is 5.26 Å². The van der Waals surface area contributed by atoms with Crippen molar-refractivity contribution in [1.82, 2.24) is 9.97 Å². The second-order valence-corrected chi connectivity index (χ2v) is 1.76. The summed E-state index contributed by atoms with van der Waals surface area (Å²) < 4.78 is 0. The lowest BCUT2D eigenvalue weighted by Crippen LogP contribution is -1.99. The van der Waals surface area contributed by atoms with Gasteiger partial charge < -0.3 is 15.8 Å². The van der Waals surface area contributed by atoms with E-state index in [1.54, 1.807) is 6.07 Å². The molecule has 4 N–H and O–H groups in total. The molecule has 56 valence electrons. The number of nitrogens with zero attached hydrogens (tertiary/aromatic N) is 2. The molecular formula is C5H4N4O2. The van der Waals surface area contributed by atoms with Crippen molar-refractivity contribution in [3.63, 3.8) is 0 Å². The fourth-order valence-corrected chi connectivity index (χ4v) is 0.627. The highest BCUT2D eigenvalue weighted by Crippen LogP contribution is 2.05. The molecule has 1 heterocycles. The number of nitrogens with one attached hydrogen (secondary N) is 1. The Labute approximate surface area is 61.3 Å². The van der Waals surface area contributed by atoms with Gasteiger partial charge >= 0.3 is 5.97 Å². The number of aromatic amines is 1. The Hall–Kier alpha value is -2.03. The molecule has 0 amide bonds. The third kappa shape index (κ3) is 1.11. The highest BCUT2D eigenvalue weighted by Gasteiger charge is 2.13. The molecule has 0 spiro atoms. The minimum Gasteiger partial charge on any atom is -0.476 e. The van der Waals surface area contributed by atoms with E-state index < -0.39 is 5.97 Å². The van der Waals surface area contributed by atoms with E-state index in [4.69, 9.17) is 16.1 Å². The number of carboxylic acids is 1. The van der Waals surface area contributed by atoms with Crippen LogP contribution in [-0.4, -0.2) is 21.0 Å². The Bertz CT molecular complexity index is 335. The van der Waals surface area contributed by atoms with E-state index in [-0.39, 0.29) is 17.3 Å². The van der Waals surface area contributed by atoms with E-state index in [1.807, 2.05) is 0 Å². The molecule has 1 rings (SSSR count). The van der Waals surface area contributed by atoms with E-state index in [1.165, 1.54) is 0 Å². The van der Waals surface area contributed by atoms with Crippen molar-refractivity contribution in [2.24, 2.45) is 0 Å². The summed E-state index contributed by atoms with van der Waals surface area (Å²) in [5, 5.41) is 16.8. The molecule has 0 saturated heterocycles. The Morgan fingerprint density at radius 3 is 2.82 bits per heavy atom. The summed E-state index contributed by atoms with van der Waals surface area (Å²) in [6.07, 6.45) is 0. The number of H-pyrrole nitrogens is 1. The maximum absolute atomic E-state index is 10.3. The molecule has 1 aromatic heterocycles. The van der Waals surface area contributed by atoms with Crippen LogP contribution in [0.25, 0.3) is 0 Å². The normalized spacial score (nSPS) is 9.00. The van der Waals surface area contributed by atoms with Crippen LogP contribution in [-0.2, 0) is 0 Å². The van der Waals surface area contributed by atoms with E-state index in [2.05, 4.69) is 9.97 Å². The lowest BCUT2D eigenvalue weighted by atomic mass is 10.3. The SMILES string of the molecule is N#Cc1nc(N)[nH]c1C(=O)O. The second kappa shape index (κ2) is 2.30. The number of nitriles is 1. The van der Waals surface area contributed by atoms with E-state index in [0.717, 1.165) is 0 Å². The van der Waals surface area contributed by atoms with Crippen LogP contribution in [0.3, 0.4) is 0 Å². The Balaban J connectivity index is 3.26. The smallest absolute Gasteiger partial charge is 0.355 e. The summed E-state index contributed by atoms with van der Waals surface area (Å²) in [7, 11) is 0. The van der Waals surface area contributed by atoms with Crippen LogP contribution in [0.2, 0.25) is 0 Å². The minimum atomic E-state index is -1.24. The maximum Gasteiger partial charge on any atom is 0.355 e. The van der Waals surface area contributed by atoms with Crippen LogP contribution in [0.5, 0.6) is 0 Å². The van der Waals surface area contributed by atoms with Crippen LogP contribution >= 0.6 is 0 Å². The number of nitrogens with two attached hydrogens (primary N) is 1. The number of nitrogen functional groups attached to an aromatic ring is 1. The number of hydrogen-bond acceptors (Lipinski definition) is 4. The van der Waals surface area contributed by atoms with Gasteiger partial charge in [-0.1, -0.05) is 0 Å². The van der Waals surface area contributed by atoms with Gasteiger partial charge in [-0.15, -0.1) is 0 Å². The lowest BCUT2D eigenvalue weighted by molar-refractivity contribution is 0.0691. The molecule has 0 bridgehead atoms. The van der Waals surface area contributed by atoms with Crippen molar-refractivity contribution in [1.29, 1.82) is 5.26 Å². The number of carbonyl (C=O) groups is 1. The van der Waals surface area contributed by atoms with Gasteiger partial charge in [0.1, 0.15) is 6.07 Å². The number of imidazole rings is 1. The van der Waals surface area contributed by atoms with Gasteiger partial charge in [0.05, 0.1) is 0 Å². The van der Waals surface area contributed by atoms with Gasteiger partial charge in [0.25, 0.3) is 0 Å². The first kappa shape index (κ1) is 7.08. The van der Waals surface area contributed by atoms with Crippen molar-refractivity contribution in [2.45, 2.75) is 0 Å². The number of aromatic carboxylic acids is 1. The summed E-state index contributed by atoms with van der Waals surface area (Å²) >= 11 is 0. The zero-order valence-electron chi connectivity index (χ0n) is 5.33. The molecule has 0 fully saturated rings. The molecule has 1 aromatic rings. The molecule has 0 saturated carbocycles. The molecule has 0 aliphatic rings. The summed E-state index contributed by atoms with van der Waals surface area (Å²) in [4.78, 5) is 16.0. The molecule has 0 unspecified atom stereocenters. The first-order valence-electron chi connectivity index (χ1n) is 2.64. The second-order valence-electron chi connectivity index (χ2n) is 1.76. The van der Waals surface area contributed by atoms with Gasteiger partial charge in [0.2, 0.25) is 0 Å². The molecule has 0 aliphatic heterocycles. The van der Waals surface area contributed by atoms with E-state index in [0.29, 0.717) is 0 Å².